The molecule has 2 aromatic heterocycles. The van der Waals surface area contributed by atoms with Crippen molar-refractivity contribution < 1.29 is 27.6 Å². The van der Waals surface area contributed by atoms with Gasteiger partial charge in [-0.2, -0.15) is 0 Å². The molecule has 0 aliphatic rings. The number of phenolic OH excluding ortho intramolecular Hbond substituents is 1. The number of non-ortho nitro benzene ring substituents is 1. The van der Waals surface area contributed by atoms with Crippen LogP contribution in [0.1, 0.15) is 0 Å². The van der Waals surface area contributed by atoms with Crippen molar-refractivity contribution in [3.63, 3.8) is 0 Å². The van der Waals surface area contributed by atoms with Crippen molar-refractivity contribution in [1.82, 2.24) is 9.97 Å². The number of benzene rings is 3. The fraction of sp³-hybridized carbons (Fsp3) is 0.0400. The molecule has 0 unspecified atom stereocenters. The van der Waals surface area contributed by atoms with Gasteiger partial charge in [0.15, 0.2) is 17.3 Å². The summed E-state index contributed by atoms with van der Waals surface area (Å²) in [7, 11) is -2.20. The maximum atomic E-state index is 13.1. The van der Waals surface area contributed by atoms with Gasteiger partial charge in [0, 0.05) is 23.1 Å². The minimum absolute atomic E-state index is 0.0619. The number of ether oxygens (including phenoxy) is 1. The Kier molecular flexibility index (Phi) is 6.27. The average molecular weight is 536 g/mol. The first-order chi connectivity index (χ1) is 17.7. The molecular formula is C25H17N3O7S2. The molecule has 3 aromatic carbocycles. The van der Waals surface area contributed by atoms with Gasteiger partial charge in [-0.3, -0.25) is 10.1 Å². The van der Waals surface area contributed by atoms with Crippen LogP contribution in [-0.4, -0.2) is 35.5 Å². The molecule has 5 rings (SSSR count). The molecule has 0 spiro atoms. The van der Waals surface area contributed by atoms with Gasteiger partial charge in [0.1, 0.15) is 11.3 Å². The van der Waals surface area contributed by atoms with Crippen LogP contribution in [-0.2, 0) is 8.87 Å². The van der Waals surface area contributed by atoms with Crippen molar-refractivity contribution in [2.45, 2.75) is 10.1 Å². The lowest BCUT2D eigenvalue weighted by atomic mass is 10.1. The minimum atomic E-state index is -4.02. The fourth-order valence-corrected chi connectivity index (χ4v) is 6.03. The Bertz CT molecular complexity index is 1720. The van der Waals surface area contributed by atoms with Gasteiger partial charge < -0.3 is 14.3 Å². The third kappa shape index (κ3) is 4.97. The summed E-state index contributed by atoms with van der Waals surface area (Å²) in [6.45, 7) is 0. The second-order valence-corrected chi connectivity index (χ2v) is 11.5. The predicted octanol–water partition coefficient (Wildman–Crippen LogP) is 5.66. The highest BCUT2D eigenvalue weighted by Crippen LogP contribution is 2.36. The molecule has 5 aromatic rings. The minimum Gasteiger partial charge on any atom is -0.504 e. The third-order valence-electron chi connectivity index (χ3n) is 5.38. The van der Waals surface area contributed by atoms with Crippen LogP contribution in [0, 0.1) is 10.1 Å². The number of nitro benzene ring substituents is 1. The number of nitrogens with zero attached hydrogens (tertiary/aromatic N) is 3. The number of hydrogen-bond donors (Lipinski definition) is 1. The summed E-state index contributed by atoms with van der Waals surface area (Å²) < 4.78 is 37.3. The zero-order chi connectivity index (χ0) is 26.2. The summed E-state index contributed by atoms with van der Waals surface area (Å²) in [5.41, 5.74) is 1.66. The zero-order valence-electron chi connectivity index (χ0n) is 19.1. The SMILES string of the molecule is COc1cc(-c2cc(-c3cc4ccccc4o3)nc(SS(=O)(=O)c3ccc([N+](=O)[O-])cc3)n2)ccc1O. The van der Waals surface area contributed by atoms with E-state index in [0.29, 0.717) is 39.1 Å². The first-order valence-corrected chi connectivity index (χ1v) is 13.5. The molecule has 186 valence electrons. The van der Waals surface area contributed by atoms with E-state index in [4.69, 9.17) is 9.15 Å². The zero-order valence-corrected chi connectivity index (χ0v) is 20.7. The van der Waals surface area contributed by atoms with E-state index < -0.39 is 13.8 Å². The van der Waals surface area contributed by atoms with Crippen LogP contribution in [0.5, 0.6) is 11.5 Å². The predicted molar refractivity (Wildman–Crippen MR) is 137 cm³/mol. The number of hydrogen-bond acceptors (Lipinski definition) is 10. The Morgan fingerprint density at radius 3 is 2.41 bits per heavy atom. The Labute approximate surface area is 214 Å². The van der Waals surface area contributed by atoms with Gasteiger partial charge in [0.2, 0.25) is 14.0 Å². The van der Waals surface area contributed by atoms with Gasteiger partial charge in [0.05, 0.1) is 33.4 Å². The smallest absolute Gasteiger partial charge is 0.269 e. The fourth-order valence-electron chi connectivity index (χ4n) is 3.56. The Morgan fingerprint density at radius 2 is 1.70 bits per heavy atom. The lowest BCUT2D eigenvalue weighted by molar-refractivity contribution is -0.384. The van der Waals surface area contributed by atoms with Crippen LogP contribution in [0.4, 0.5) is 5.69 Å². The molecule has 0 atom stereocenters. The van der Waals surface area contributed by atoms with E-state index in [1.165, 1.54) is 13.2 Å². The topological polar surface area (TPSA) is 146 Å². The first-order valence-electron chi connectivity index (χ1n) is 10.7. The number of nitro groups is 1. The molecule has 0 aliphatic heterocycles. The van der Waals surface area contributed by atoms with Crippen LogP contribution in [0.15, 0.2) is 93.3 Å². The Hall–Kier alpha value is -4.42. The van der Waals surface area contributed by atoms with Crippen LogP contribution < -0.4 is 4.74 Å². The lowest BCUT2D eigenvalue weighted by Crippen LogP contribution is -2.00. The molecule has 10 nitrogen and oxygen atoms in total. The van der Waals surface area contributed by atoms with Gasteiger partial charge in [-0.1, -0.05) is 18.2 Å². The van der Waals surface area contributed by atoms with Gasteiger partial charge >= 0.3 is 0 Å². The number of fused-ring (bicyclic) bond motifs is 1. The van der Waals surface area contributed by atoms with Crippen molar-refractivity contribution in [3.05, 3.63) is 89.0 Å². The molecule has 0 amide bonds. The van der Waals surface area contributed by atoms with Gasteiger partial charge in [0.25, 0.3) is 5.69 Å². The number of para-hydroxylation sites is 1. The molecule has 1 N–H and O–H groups in total. The molecule has 12 heteroatoms. The normalized spacial score (nSPS) is 11.5. The molecule has 2 heterocycles. The number of aromatic nitrogens is 2. The molecule has 0 saturated carbocycles. The van der Waals surface area contributed by atoms with E-state index in [-0.39, 0.29) is 27.2 Å². The van der Waals surface area contributed by atoms with Crippen LogP contribution in [0.3, 0.4) is 0 Å². The highest BCUT2D eigenvalue weighted by molar-refractivity contribution is 8.72. The molecule has 0 bridgehead atoms. The number of phenols is 1. The maximum absolute atomic E-state index is 13.1. The molecule has 0 saturated heterocycles. The summed E-state index contributed by atoms with van der Waals surface area (Å²) in [6.07, 6.45) is 0. The van der Waals surface area contributed by atoms with Crippen LogP contribution in [0.2, 0.25) is 0 Å². The van der Waals surface area contributed by atoms with E-state index in [2.05, 4.69) is 9.97 Å². The summed E-state index contributed by atoms with van der Waals surface area (Å²) in [5.74, 6) is 0.562. The first kappa shape index (κ1) is 24.3. The molecule has 37 heavy (non-hydrogen) atoms. The monoisotopic (exact) mass is 535 g/mol. The number of aromatic hydroxyl groups is 1. The van der Waals surface area contributed by atoms with Crippen molar-refractivity contribution in [2.75, 3.05) is 7.11 Å². The largest absolute Gasteiger partial charge is 0.504 e. The molecule has 0 aliphatic carbocycles. The maximum Gasteiger partial charge on any atom is 0.269 e. The van der Waals surface area contributed by atoms with Crippen molar-refractivity contribution in [1.29, 1.82) is 0 Å². The number of rotatable bonds is 7. The summed E-state index contributed by atoms with van der Waals surface area (Å²) in [6, 6.07) is 20.0. The van der Waals surface area contributed by atoms with Crippen molar-refractivity contribution >= 4 is 36.3 Å². The van der Waals surface area contributed by atoms with E-state index >= 15 is 0 Å². The molecule has 0 radical (unpaired) electrons. The highest BCUT2D eigenvalue weighted by Gasteiger charge is 2.22. The lowest BCUT2D eigenvalue weighted by Gasteiger charge is -2.09. The summed E-state index contributed by atoms with van der Waals surface area (Å²) >= 11 is 0. The van der Waals surface area contributed by atoms with Gasteiger partial charge in [-0.25, -0.2) is 18.4 Å². The van der Waals surface area contributed by atoms with E-state index in [1.54, 1.807) is 30.3 Å². The summed E-state index contributed by atoms with van der Waals surface area (Å²) in [5, 5.41) is 21.7. The average Bonchev–Trinajstić information content (AvgIpc) is 3.33. The Morgan fingerprint density at radius 1 is 0.973 bits per heavy atom. The van der Waals surface area contributed by atoms with Crippen molar-refractivity contribution in [3.8, 4) is 34.2 Å². The number of methoxy groups -OCH3 is 1. The highest BCUT2D eigenvalue weighted by atomic mass is 33.1. The van der Waals surface area contributed by atoms with Gasteiger partial charge in [-0.15, -0.1) is 0 Å². The summed E-state index contributed by atoms with van der Waals surface area (Å²) in [4.78, 5) is 19.0. The second kappa shape index (κ2) is 9.56. The quantitative estimate of drug-likeness (QED) is 0.120. The molecular weight excluding hydrogens is 518 g/mol. The third-order valence-corrected chi connectivity index (χ3v) is 8.46. The van der Waals surface area contributed by atoms with Gasteiger partial charge in [-0.05, 0) is 48.5 Å². The Balaban J connectivity index is 1.61. The standard InChI is InChI=1S/C25H17N3O7S2/c1-34-24-12-15(6-11-21(24)29)19-14-20(23-13-16-4-2-3-5-22(16)35-23)27-25(26-19)36-37(32,33)18-9-7-17(8-10-18)28(30)31/h2-14,29H,1H3. The van der Waals surface area contributed by atoms with E-state index in [0.717, 1.165) is 29.7 Å². The van der Waals surface area contributed by atoms with E-state index in [1.807, 2.05) is 18.2 Å². The van der Waals surface area contributed by atoms with Crippen molar-refractivity contribution in [2.24, 2.45) is 0 Å². The van der Waals surface area contributed by atoms with E-state index in [9.17, 15) is 23.6 Å². The number of furan rings is 1. The van der Waals surface area contributed by atoms with Crippen LogP contribution in [0.25, 0.3) is 33.7 Å². The van der Waals surface area contributed by atoms with Crippen LogP contribution >= 0.6 is 10.8 Å². The second-order valence-electron chi connectivity index (χ2n) is 7.74. The molecule has 0 fully saturated rings.